The molecule has 0 spiro atoms. The molecule has 4 rings (SSSR count). The van der Waals surface area contributed by atoms with Crippen molar-refractivity contribution in [2.24, 2.45) is 40.4 Å². The van der Waals surface area contributed by atoms with Gasteiger partial charge in [-0.15, -0.1) is 0 Å². The molecule has 0 bridgehead atoms. The summed E-state index contributed by atoms with van der Waals surface area (Å²) >= 11 is 0. The zero-order chi connectivity index (χ0) is 15.5. The number of hydrogen-bond donors (Lipinski definition) is 1. The molecule has 0 aliphatic heterocycles. The van der Waals surface area contributed by atoms with Crippen molar-refractivity contribution in [3.8, 4) is 0 Å². The van der Waals surface area contributed by atoms with Crippen molar-refractivity contribution >= 4 is 0 Å². The van der Waals surface area contributed by atoms with E-state index in [2.05, 4.69) is 20.8 Å². The van der Waals surface area contributed by atoms with E-state index in [9.17, 15) is 5.11 Å². The average Bonchev–Trinajstić information content (AvgIpc) is 2.85. The zero-order valence-electron chi connectivity index (χ0n) is 15.0. The Labute approximate surface area is 137 Å². The van der Waals surface area contributed by atoms with Crippen molar-refractivity contribution in [1.29, 1.82) is 0 Å². The molecule has 22 heavy (non-hydrogen) atoms. The second kappa shape index (κ2) is 5.23. The van der Waals surface area contributed by atoms with Gasteiger partial charge in [0.25, 0.3) is 0 Å². The van der Waals surface area contributed by atoms with Crippen LogP contribution in [0.25, 0.3) is 0 Å². The van der Waals surface area contributed by atoms with Crippen LogP contribution in [0.2, 0.25) is 0 Å². The summed E-state index contributed by atoms with van der Waals surface area (Å²) in [5, 5.41) is 10.9. The first-order valence-electron chi connectivity index (χ1n) is 10.2. The molecule has 126 valence electrons. The van der Waals surface area contributed by atoms with Gasteiger partial charge in [0.2, 0.25) is 0 Å². The van der Waals surface area contributed by atoms with Crippen LogP contribution in [-0.2, 0) is 0 Å². The average molecular weight is 305 g/mol. The van der Waals surface area contributed by atoms with E-state index in [-0.39, 0.29) is 11.5 Å². The van der Waals surface area contributed by atoms with Crippen LogP contribution in [0.4, 0.5) is 0 Å². The Hall–Kier alpha value is -0.0400. The highest BCUT2D eigenvalue weighted by atomic mass is 16.3. The number of aliphatic hydroxyl groups is 1. The highest BCUT2D eigenvalue weighted by Crippen LogP contribution is 2.67. The van der Waals surface area contributed by atoms with E-state index < -0.39 is 0 Å². The Kier molecular flexibility index (Phi) is 3.68. The maximum Gasteiger partial charge on any atom is 0.0599 e. The molecule has 0 saturated heterocycles. The summed E-state index contributed by atoms with van der Waals surface area (Å²) in [6.45, 7) is 7.52. The molecule has 0 aromatic rings. The Morgan fingerprint density at radius 2 is 1.73 bits per heavy atom. The van der Waals surface area contributed by atoms with E-state index in [0.717, 1.165) is 36.0 Å². The molecule has 4 aliphatic carbocycles. The van der Waals surface area contributed by atoms with E-state index in [1.54, 1.807) is 0 Å². The zero-order valence-corrected chi connectivity index (χ0v) is 15.0. The second-order valence-electron chi connectivity index (χ2n) is 9.69. The minimum Gasteiger partial charge on any atom is -0.393 e. The predicted octanol–water partition coefficient (Wildman–Crippen LogP) is 5.42. The first-order chi connectivity index (χ1) is 10.5. The first-order valence-corrected chi connectivity index (χ1v) is 10.2. The Bertz CT molecular complexity index is 432. The monoisotopic (exact) mass is 304 g/mol. The Morgan fingerprint density at radius 1 is 0.909 bits per heavy atom. The molecule has 0 aromatic carbocycles. The summed E-state index contributed by atoms with van der Waals surface area (Å²) in [6.07, 6.45) is 13.7. The van der Waals surface area contributed by atoms with E-state index in [1.807, 2.05) is 0 Å². The molecule has 8 atom stereocenters. The van der Waals surface area contributed by atoms with Gasteiger partial charge in [-0.3, -0.25) is 0 Å². The van der Waals surface area contributed by atoms with Crippen LogP contribution in [0.1, 0.15) is 85.0 Å². The third kappa shape index (κ3) is 1.87. The summed E-state index contributed by atoms with van der Waals surface area (Å²) < 4.78 is 0. The number of aliphatic hydroxyl groups excluding tert-OH is 1. The fourth-order valence-electron chi connectivity index (χ4n) is 8.09. The molecule has 4 aliphatic rings. The Balaban J connectivity index is 1.65. The number of rotatable bonds is 1. The molecule has 0 radical (unpaired) electrons. The molecule has 0 amide bonds. The number of hydrogen-bond acceptors (Lipinski definition) is 1. The maximum absolute atomic E-state index is 10.9. The molecule has 0 aromatic heterocycles. The van der Waals surface area contributed by atoms with E-state index >= 15 is 0 Å². The third-order valence-corrected chi connectivity index (χ3v) is 9.40. The summed E-state index contributed by atoms with van der Waals surface area (Å²) in [5.74, 6) is 4.48. The van der Waals surface area contributed by atoms with Crippen LogP contribution in [0.15, 0.2) is 0 Å². The van der Waals surface area contributed by atoms with Crippen LogP contribution in [0, 0.1) is 40.4 Å². The van der Waals surface area contributed by atoms with Gasteiger partial charge in [0.05, 0.1) is 6.10 Å². The van der Waals surface area contributed by atoms with Crippen LogP contribution < -0.4 is 0 Å². The lowest BCUT2D eigenvalue weighted by molar-refractivity contribution is -0.163. The lowest BCUT2D eigenvalue weighted by atomic mass is 9.44. The fraction of sp³-hybridized carbons (Fsp3) is 1.00. The van der Waals surface area contributed by atoms with Gasteiger partial charge in [-0.1, -0.05) is 33.6 Å². The fourth-order valence-corrected chi connectivity index (χ4v) is 8.09. The molecule has 4 fully saturated rings. The minimum absolute atomic E-state index is 0.0215. The standard InChI is InChI=1S/C21H36O/c1-4-14-9-11-17-16-10-8-15-6-5-7-19(22)21(15,3)18(16)12-13-20(14,17)2/h14-19,22H,4-13H2,1-3H3/t14-,15-,16-,17-,18-,19?,20+,21-/m0/s1. The van der Waals surface area contributed by atoms with Crippen molar-refractivity contribution in [3.63, 3.8) is 0 Å². The lowest BCUT2D eigenvalue weighted by Gasteiger charge is -2.61. The van der Waals surface area contributed by atoms with Gasteiger partial charge in [0.15, 0.2) is 0 Å². The van der Waals surface area contributed by atoms with Crippen molar-refractivity contribution in [2.45, 2.75) is 91.1 Å². The molecular weight excluding hydrogens is 268 g/mol. The second-order valence-corrected chi connectivity index (χ2v) is 9.69. The van der Waals surface area contributed by atoms with Crippen molar-refractivity contribution in [1.82, 2.24) is 0 Å². The van der Waals surface area contributed by atoms with Crippen molar-refractivity contribution in [2.75, 3.05) is 0 Å². The van der Waals surface area contributed by atoms with Gasteiger partial charge < -0.3 is 5.11 Å². The van der Waals surface area contributed by atoms with Gasteiger partial charge in [0, 0.05) is 0 Å². The smallest absolute Gasteiger partial charge is 0.0599 e. The van der Waals surface area contributed by atoms with Gasteiger partial charge >= 0.3 is 0 Å². The van der Waals surface area contributed by atoms with Crippen LogP contribution in [0.5, 0.6) is 0 Å². The molecule has 1 unspecified atom stereocenters. The molecule has 4 saturated carbocycles. The van der Waals surface area contributed by atoms with Crippen LogP contribution >= 0.6 is 0 Å². The maximum atomic E-state index is 10.9. The molecular formula is C21H36O. The summed E-state index contributed by atoms with van der Waals surface area (Å²) in [5.41, 5.74) is 0.867. The minimum atomic E-state index is -0.0215. The quantitative estimate of drug-likeness (QED) is 0.686. The largest absolute Gasteiger partial charge is 0.393 e. The van der Waals surface area contributed by atoms with Crippen molar-refractivity contribution < 1.29 is 5.11 Å². The highest BCUT2D eigenvalue weighted by Gasteiger charge is 2.61. The molecule has 1 nitrogen and oxygen atoms in total. The van der Waals surface area contributed by atoms with Gasteiger partial charge in [0.1, 0.15) is 0 Å². The van der Waals surface area contributed by atoms with Crippen LogP contribution in [-0.4, -0.2) is 11.2 Å². The van der Waals surface area contributed by atoms with Crippen LogP contribution in [0.3, 0.4) is 0 Å². The van der Waals surface area contributed by atoms with Crippen molar-refractivity contribution in [3.05, 3.63) is 0 Å². The SMILES string of the molecule is CC[C@H]1CC[C@H]2[C@@H]3CC[C@@H]4CCCC(O)[C@]4(C)[C@H]3CC[C@]12C. The highest BCUT2D eigenvalue weighted by molar-refractivity contribution is 5.10. The van der Waals surface area contributed by atoms with Gasteiger partial charge in [-0.25, -0.2) is 0 Å². The number of fused-ring (bicyclic) bond motifs is 5. The Morgan fingerprint density at radius 3 is 2.50 bits per heavy atom. The van der Waals surface area contributed by atoms with E-state index in [4.69, 9.17) is 0 Å². The first kappa shape index (κ1) is 15.5. The summed E-state index contributed by atoms with van der Waals surface area (Å²) in [4.78, 5) is 0. The molecule has 1 heteroatoms. The third-order valence-electron chi connectivity index (χ3n) is 9.40. The van der Waals surface area contributed by atoms with E-state index in [1.165, 1.54) is 57.8 Å². The normalized spacial score (nSPS) is 57.8. The summed E-state index contributed by atoms with van der Waals surface area (Å²) in [6, 6.07) is 0. The van der Waals surface area contributed by atoms with Gasteiger partial charge in [-0.2, -0.15) is 0 Å². The predicted molar refractivity (Wildman–Crippen MR) is 91.5 cm³/mol. The topological polar surface area (TPSA) is 20.2 Å². The lowest BCUT2D eigenvalue weighted by Crippen LogP contribution is -2.57. The van der Waals surface area contributed by atoms with Gasteiger partial charge in [-0.05, 0) is 91.8 Å². The van der Waals surface area contributed by atoms with E-state index in [0.29, 0.717) is 5.41 Å². The summed E-state index contributed by atoms with van der Waals surface area (Å²) in [7, 11) is 0. The molecule has 0 heterocycles. The molecule has 1 N–H and O–H groups in total.